The Hall–Kier alpha value is -2.42. The molecule has 0 aliphatic carbocycles. The highest BCUT2D eigenvalue weighted by Crippen LogP contribution is 2.33. The van der Waals surface area contributed by atoms with Gasteiger partial charge in [-0.15, -0.1) is 0 Å². The number of benzene rings is 1. The monoisotopic (exact) mass is 266 g/mol. The van der Waals surface area contributed by atoms with Gasteiger partial charge in [0.2, 0.25) is 0 Å². The van der Waals surface area contributed by atoms with Crippen molar-refractivity contribution in [1.29, 1.82) is 5.26 Å². The molecule has 6 heteroatoms. The number of hydrogen-bond acceptors (Lipinski definition) is 2. The Morgan fingerprint density at radius 1 is 1.05 bits per heavy atom. The van der Waals surface area contributed by atoms with Crippen LogP contribution in [0, 0.1) is 17.1 Å². The Balaban J connectivity index is 2.55. The highest BCUT2D eigenvalue weighted by molar-refractivity contribution is 5.65. The van der Waals surface area contributed by atoms with Crippen molar-refractivity contribution < 1.29 is 17.6 Å². The SMILES string of the molecule is N#Cc1cc(-c2cncc(F)c2)ccc1C(F)(F)F. The first-order chi connectivity index (χ1) is 8.91. The normalized spacial score (nSPS) is 11.1. The molecule has 0 unspecified atom stereocenters. The molecule has 0 saturated carbocycles. The summed E-state index contributed by atoms with van der Waals surface area (Å²) in [6.45, 7) is 0. The van der Waals surface area contributed by atoms with Crippen LogP contribution in [0.1, 0.15) is 11.1 Å². The average Bonchev–Trinajstić information content (AvgIpc) is 2.37. The fourth-order valence-electron chi connectivity index (χ4n) is 1.63. The van der Waals surface area contributed by atoms with Crippen LogP contribution in [0.4, 0.5) is 17.6 Å². The van der Waals surface area contributed by atoms with Crippen LogP contribution in [0.2, 0.25) is 0 Å². The smallest absolute Gasteiger partial charge is 0.261 e. The molecule has 2 rings (SSSR count). The maximum atomic E-state index is 13.0. The molecular formula is C13H6F4N2. The number of alkyl halides is 3. The van der Waals surface area contributed by atoms with Crippen LogP contribution in [0.25, 0.3) is 11.1 Å². The van der Waals surface area contributed by atoms with Crippen molar-refractivity contribution in [3.63, 3.8) is 0 Å². The lowest BCUT2D eigenvalue weighted by atomic mass is 10.0. The number of pyridine rings is 1. The van der Waals surface area contributed by atoms with E-state index in [4.69, 9.17) is 5.26 Å². The first kappa shape index (κ1) is 13.0. The van der Waals surface area contributed by atoms with Crippen molar-refractivity contribution in [3.05, 3.63) is 53.6 Å². The summed E-state index contributed by atoms with van der Waals surface area (Å²) >= 11 is 0. The number of nitriles is 1. The van der Waals surface area contributed by atoms with E-state index in [1.54, 1.807) is 0 Å². The van der Waals surface area contributed by atoms with Crippen LogP contribution >= 0.6 is 0 Å². The van der Waals surface area contributed by atoms with Crippen molar-refractivity contribution in [2.24, 2.45) is 0 Å². The van der Waals surface area contributed by atoms with Crippen molar-refractivity contribution in [2.75, 3.05) is 0 Å². The third-order valence-corrected chi connectivity index (χ3v) is 2.48. The lowest BCUT2D eigenvalue weighted by Crippen LogP contribution is -2.07. The summed E-state index contributed by atoms with van der Waals surface area (Å²) in [7, 11) is 0. The van der Waals surface area contributed by atoms with Gasteiger partial charge in [0.05, 0.1) is 23.4 Å². The lowest BCUT2D eigenvalue weighted by molar-refractivity contribution is -0.137. The molecule has 0 aliphatic rings. The van der Waals surface area contributed by atoms with Gasteiger partial charge in [-0.05, 0) is 23.8 Å². The summed E-state index contributed by atoms with van der Waals surface area (Å²) in [4.78, 5) is 3.61. The van der Waals surface area contributed by atoms with Crippen LogP contribution in [0.15, 0.2) is 36.7 Å². The zero-order valence-electron chi connectivity index (χ0n) is 9.37. The van der Waals surface area contributed by atoms with E-state index in [1.165, 1.54) is 18.3 Å². The van der Waals surface area contributed by atoms with Crippen molar-refractivity contribution in [3.8, 4) is 17.2 Å². The minimum atomic E-state index is -4.59. The predicted octanol–water partition coefficient (Wildman–Crippen LogP) is 3.78. The zero-order valence-corrected chi connectivity index (χ0v) is 9.37. The van der Waals surface area contributed by atoms with Crippen LogP contribution in [0.3, 0.4) is 0 Å². The van der Waals surface area contributed by atoms with Crippen LogP contribution in [-0.2, 0) is 6.18 Å². The Morgan fingerprint density at radius 2 is 1.79 bits per heavy atom. The Morgan fingerprint density at radius 3 is 2.37 bits per heavy atom. The molecule has 0 N–H and O–H groups in total. The molecule has 0 bridgehead atoms. The van der Waals surface area contributed by atoms with Crippen molar-refractivity contribution >= 4 is 0 Å². The maximum absolute atomic E-state index is 13.0. The van der Waals surface area contributed by atoms with Gasteiger partial charge in [-0.2, -0.15) is 18.4 Å². The molecule has 96 valence electrons. The van der Waals surface area contributed by atoms with E-state index in [0.29, 0.717) is 11.1 Å². The van der Waals surface area contributed by atoms with Crippen LogP contribution in [-0.4, -0.2) is 4.98 Å². The molecule has 1 heterocycles. The molecule has 0 aliphatic heterocycles. The number of halogens is 4. The quantitative estimate of drug-likeness (QED) is 0.736. The molecule has 1 aromatic heterocycles. The van der Waals surface area contributed by atoms with E-state index < -0.39 is 23.1 Å². The predicted molar refractivity (Wildman–Crippen MR) is 59.3 cm³/mol. The van der Waals surface area contributed by atoms with Gasteiger partial charge in [0.25, 0.3) is 0 Å². The van der Waals surface area contributed by atoms with Crippen LogP contribution in [0.5, 0.6) is 0 Å². The second-order valence-electron chi connectivity index (χ2n) is 3.76. The van der Waals surface area contributed by atoms with Gasteiger partial charge in [-0.1, -0.05) is 6.07 Å². The highest BCUT2D eigenvalue weighted by Gasteiger charge is 2.33. The van der Waals surface area contributed by atoms with Gasteiger partial charge >= 0.3 is 6.18 Å². The average molecular weight is 266 g/mol. The molecule has 0 atom stereocenters. The zero-order chi connectivity index (χ0) is 14.0. The second-order valence-corrected chi connectivity index (χ2v) is 3.76. The first-order valence-corrected chi connectivity index (χ1v) is 5.14. The molecule has 0 saturated heterocycles. The van der Waals surface area contributed by atoms with E-state index in [2.05, 4.69) is 4.98 Å². The van der Waals surface area contributed by atoms with Crippen molar-refractivity contribution in [1.82, 2.24) is 4.98 Å². The van der Waals surface area contributed by atoms with E-state index in [-0.39, 0.29) is 0 Å². The molecule has 1 aromatic carbocycles. The molecule has 0 fully saturated rings. The minimum Gasteiger partial charge on any atom is -0.261 e. The number of aromatic nitrogens is 1. The second kappa shape index (κ2) is 4.69. The minimum absolute atomic E-state index is 0.302. The van der Waals surface area contributed by atoms with E-state index in [0.717, 1.165) is 24.4 Å². The van der Waals surface area contributed by atoms with Gasteiger partial charge < -0.3 is 0 Å². The summed E-state index contributed by atoms with van der Waals surface area (Å²) in [5.41, 5.74) is -0.904. The lowest BCUT2D eigenvalue weighted by Gasteiger charge is -2.10. The Labute approximate surface area is 105 Å². The number of nitrogens with zero attached hydrogens (tertiary/aromatic N) is 2. The number of hydrogen-bond donors (Lipinski definition) is 0. The van der Waals surface area contributed by atoms with Gasteiger partial charge in [-0.3, -0.25) is 4.98 Å². The van der Waals surface area contributed by atoms with Crippen LogP contribution < -0.4 is 0 Å². The number of rotatable bonds is 1. The van der Waals surface area contributed by atoms with E-state index in [1.807, 2.05) is 0 Å². The molecule has 2 aromatic rings. The molecule has 0 spiro atoms. The Kier molecular flexibility index (Phi) is 3.21. The fraction of sp³-hybridized carbons (Fsp3) is 0.0769. The summed E-state index contributed by atoms with van der Waals surface area (Å²) < 4.78 is 50.8. The maximum Gasteiger partial charge on any atom is 0.417 e. The summed E-state index contributed by atoms with van der Waals surface area (Å²) in [6.07, 6.45) is -2.30. The topological polar surface area (TPSA) is 36.7 Å². The summed E-state index contributed by atoms with van der Waals surface area (Å²) in [5.74, 6) is -0.601. The third kappa shape index (κ3) is 2.71. The van der Waals surface area contributed by atoms with E-state index in [9.17, 15) is 17.6 Å². The molecule has 19 heavy (non-hydrogen) atoms. The summed E-state index contributed by atoms with van der Waals surface area (Å²) in [5, 5.41) is 8.77. The summed E-state index contributed by atoms with van der Waals surface area (Å²) in [6, 6.07) is 5.68. The first-order valence-electron chi connectivity index (χ1n) is 5.14. The standard InChI is InChI=1S/C13H6F4N2/c14-11-4-10(6-19-7-11)8-1-2-12(13(15,16)17)9(3-8)5-18/h1-4,6-7H. The molecular weight excluding hydrogens is 260 g/mol. The van der Waals surface area contributed by atoms with Gasteiger partial charge in [-0.25, -0.2) is 4.39 Å². The third-order valence-electron chi connectivity index (χ3n) is 2.48. The largest absolute Gasteiger partial charge is 0.417 e. The van der Waals surface area contributed by atoms with Gasteiger partial charge in [0.15, 0.2) is 0 Å². The fourth-order valence-corrected chi connectivity index (χ4v) is 1.63. The Bertz CT molecular complexity index is 656. The van der Waals surface area contributed by atoms with E-state index >= 15 is 0 Å². The van der Waals surface area contributed by atoms with Gasteiger partial charge in [0, 0.05) is 11.8 Å². The van der Waals surface area contributed by atoms with Gasteiger partial charge in [0.1, 0.15) is 5.82 Å². The molecule has 0 radical (unpaired) electrons. The highest BCUT2D eigenvalue weighted by atomic mass is 19.4. The molecule has 2 nitrogen and oxygen atoms in total. The molecule has 0 amide bonds. The van der Waals surface area contributed by atoms with Crippen molar-refractivity contribution in [2.45, 2.75) is 6.18 Å².